The average Bonchev–Trinajstić information content (AvgIpc) is 2.68. The van der Waals surface area contributed by atoms with Crippen LogP contribution in [0.15, 0.2) is 22.9 Å². The summed E-state index contributed by atoms with van der Waals surface area (Å²) in [4.78, 5) is 0. The SMILES string of the molecule is COc1cc(F)c(Cl)cc1-c1cnoc1N. The van der Waals surface area contributed by atoms with Crippen LogP contribution in [0.5, 0.6) is 5.75 Å². The summed E-state index contributed by atoms with van der Waals surface area (Å²) in [5, 5.41) is 3.52. The zero-order valence-corrected chi connectivity index (χ0v) is 9.08. The lowest BCUT2D eigenvalue weighted by Gasteiger charge is -2.07. The van der Waals surface area contributed by atoms with Gasteiger partial charge in [-0.05, 0) is 6.07 Å². The van der Waals surface area contributed by atoms with Crippen molar-refractivity contribution in [1.82, 2.24) is 5.16 Å². The molecule has 1 heterocycles. The molecule has 0 amide bonds. The van der Waals surface area contributed by atoms with Crippen molar-refractivity contribution < 1.29 is 13.7 Å². The topological polar surface area (TPSA) is 61.3 Å². The van der Waals surface area contributed by atoms with Gasteiger partial charge in [0.25, 0.3) is 0 Å². The molecule has 0 fully saturated rings. The van der Waals surface area contributed by atoms with Crippen LogP contribution in [0.4, 0.5) is 10.3 Å². The molecule has 2 N–H and O–H groups in total. The minimum absolute atomic E-state index is 0.0172. The van der Waals surface area contributed by atoms with Crippen LogP contribution in [0.1, 0.15) is 0 Å². The largest absolute Gasteiger partial charge is 0.496 e. The van der Waals surface area contributed by atoms with Crippen LogP contribution < -0.4 is 10.5 Å². The second-order valence-corrected chi connectivity index (χ2v) is 3.48. The van der Waals surface area contributed by atoms with E-state index >= 15 is 0 Å². The third kappa shape index (κ3) is 1.69. The van der Waals surface area contributed by atoms with Gasteiger partial charge in [-0.2, -0.15) is 0 Å². The Morgan fingerprint density at radius 3 is 2.75 bits per heavy atom. The highest BCUT2D eigenvalue weighted by Gasteiger charge is 2.15. The summed E-state index contributed by atoms with van der Waals surface area (Å²) in [5.41, 5.74) is 6.61. The zero-order valence-electron chi connectivity index (χ0n) is 8.33. The van der Waals surface area contributed by atoms with Crippen molar-refractivity contribution in [2.45, 2.75) is 0 Å². The number of methoxy groups -OCH3 is 1. The minimum atomic E-state index is -0.558. The molecule has 0 unspecified atom stereocenters. The fraction of sp³-hybridized carbons (Fsp3) is 0.100. The Morgan fingerprint density at radius 1 is 1.44 bits per heavy atom. The molecule has 1 aromatic carbocycles. The molecule has 2 aromatic rings. The van der Waals surface area contributed by atoms with Gasteiger partial charge in [0.05, 0.1) is 23.9 Å². The van der Waals surface area contributed by atoms with Gasteiger partial charge in [0.15, 0.2) is 0 Å². The molecule has 0 aliphatic carbocycles. The van der Waals surface area contributed by atoms with Gasteiger partial charge in [0.2, 0.25) is 5.88 Å². The second kappa shape index (κ2) is 4.02. The van der Waals surface area contributed by atoms with E-state index in [2.05, 4.69) is 5.16 Å². The van der Waals surface area contributed by atoms with Crippen molar-refractivity contribution in [2.24, 2.45) is 0 Å². The number of anilines is 1. The van der Waals surface area contributed by atoms with E-state index in [0.29, 0.717) is 16.9 Å². The summed E-state index contributed by atoms with van der Waals surface area (Å²) < 4.78 is 23.0. The van der Waals surface area contributed by atoms with Crippen LogP contribution in [0.3, 0.4) is 0 Å². The highest BCUT2D eigenvalue weighted by atomic mass is 35.5. The van der Waals surface area contributed by atoms with Gasteiger partial charge in [-0.25, -0.2) is 4.39 Å². The highest BCUT2D eigenvalue weighted by molar-refractivity contribution is 6.31. The molecular formula is C10H8ClFN2O2. The smallest absolute Gasteiger partial charge is 0.230 e. The molecule has 84 valence electrons. The number of hydrogen-bond acceptors (Lipinski definition) is 4. The third-order valence-corrected chi connectivity index (χ3v) is 2.42. The van der Waals surface area contributed by atoms with E-state index in [-0.39, 0.29) is 10.9 Å². The van der Waals surface area contributed by atoms with Gasteiger partial charge in [-0.3, -0.25) is 0 Å². The van der Waals surface area contributed by atoms with Crippen molar-refractivity contribution in [1.29, 1.82) is 0 Å². The van der Waals surface area contributed by atoms with E-state index < -0.39 is 5.82 Å². The van der Waals surface area contributed by atoms with Crippen LogP contribution in [0.25, 0.3) is 11.1 Å². The van der Waals surface area contributed by atoms with Crippen LogP contribution in [-0.2, 0) is 0 Å². The van der Waals surface area contributed by atoms with Gasteiger partial charge in [-0.1, -0.05) is 16.8 Å². The van der Waals surface area contributed by atoms with Crippen molar-refractivity contribution in [3.05, 3.63) is 29.2 Å². The number of hydrogen-bond donors (Lipinski definition) is 1. The minimum Gasteiger partial charge on any atom is -0.496 e. The number of nitrogens with two attached hydrogens (primary N) is 1. The van der Waals surface area contributed by atoms with Crippen LogP contribution in [0, 0.1) is 5.82 Å². The van der Waals surface area contributed by atoms with E-state index in [1.165, 1.54) is 25.4 Å². The quantitative estimate of drug-likeness (QED) is 0.880. The van der Waals surface area contributed by atoms with Crippen molar-refractivity contribution in [2.75, 3.05) is 12.8 Å². The molecule has 0 spiro atoms. The Morgan fingerprint density at radius 2 is 2.19 bits per heavy atom. The number of nitrogen functional groups attached to an aromatic ring is 1. The molecule has 16 heavy (non-hydrogen) atoms. The summed E-state index contributed by atoms with van der Waals surface area (Å²) in [6.07, 6.45) is 1.42. The Hall–Kier alpha value is -1.75. The molecule has 0 bridgehead atoms. The van der Waals surface area contributed by atoms with E-state index in [0.717, 1.165) is 0 Å². The Kier molecular flexibility index (Phi) is 2.70. The molecule has 4 nitrogen and oxygen atoms in total. The molecule has 1 aromatic heterocycles. The first kappa shape index (κ1) is 10.8. The van der Waals surface area contributed by atoms with Crippen molar-refractivity contribution >= 4 is 17.5 Å². The van der Waals surface area contributed by atoms with Crippen molar-refractivity contribution in [3.63, 3.8) is 0 Å². The highest BCUT2D eigenvalue weighted by Crippen LogP contribution is 2.36. The van der Waals surface area contributed by atoms with Crippen LogP contribution in [-0.4, -0.2) is 12.3 Å². The number of aromatic nitrogens is 1. The van der Waals surface area contributed by atoms with Gasteiger partial charge < -0.3 is 15.0 Å². The summed E-state index contributed by atoms with van der Waals surface area (Å²) in [6.45, 7) is 0. The molecular weight excluding hydrogens is 235 g/mol. The van der Waals surface area contributed by atoms with E-state index in [1.54, 1.807) is 0 Å². The number of halogens is 2. The van der Waals surface area contributed by atoms with Gasteiger partial charge in [-0.15, -0.1) is 0 Å². The number of rotatable bonds is 2. The van der Waals surface area contributed by atoms with E-state index in [9.17, 15) is 4.39 Å². The summed E-state index contributed by atoms with van der Waals surface area (Å²) in [6, 6.07) is 2.60. The fourth-order valence-corrected chi connectivity index (χ4v) is 1.52. The van der Waals surface area contributed by atoms with Crippen LogP contribution in [0.2, 0.25) is 5.02 Å². The maximum absolute atomic E-state index is 13.2. The lowest BCUT2D eigenvalue weighted by Crippen LogP contribution is -1.92. The first-order valence-corrected chi connectivity index (χ1v) is 4.75. The average molecular weight is 243 g/mol. The third-order valence-electron chi connectivity index (χ3n) is 2.13. The fourth-order valence-electron chi connectivity index (χ4n) is 1.36. The maximum atomic E-state index is 13.2. The van der Waals surface area contributed by atoms with Crippen LogP contribution >= 0.6 is 11.6 Å². The summed E-state index contributed by atoms with van der Waals surface area (Å²) in [5.74, 6) is -0.116. The Labute approximate surface area is 95.7 Å². The summed E-state index contributed by atoms with van der Waals surface area (Å²) >= 11 is 5.69. The standard InChI is InChI=1S/C10H8ClFN2O2/c1-15-9-3-8(12)7(11)2-5(9)6-4-14-16-10(6)13/h2-4H,13H2,1H3. The molecule has 0 aliphatic rings. The Bertz CT molecular complexity index is 528. The molecule has 0 aliphatic heterocycles. The number of ether oxygens (including phenoxy) is 1. The number of benzene rings is 1. The van der Waals surface area contributed by atoms with E-state index in [1.807, 2.05) is 0 Å². The van der Waals surface area contributed by atoms with E-state index in [4.69, 9.17) is 26.6 Å². The second-order valence-electron chi connectivity index (χ2n) is 3.07. The molecule has 0 atom stereocenters. The Balaban J connectivity index is 2.64. The van der Waals surface area contributed by atoms with Gasteiger partial charge >= 0.3 is 0 Å². The van der Waals surface area contributed by atoms with Crippen molar-refractivity contribution in [3.8, 4) is 16.9 Å². The maximum Gasteiger partial charge on any atom is 0.230 e. The lowest BCUT2D eigenvalue weighted by atomic mass is 10.1. The molecule has 2 rings (SSSR count). The summed E-state index contributed by atoms with van der Waals surface area (Å²) in [7, 11) is 1.43. The molecule has 0 saturated heterocycles. The first-order valence-electron chi connectivity index (χ1n) is 4.37. The first-order chi connectivity index (χ1) is 7.63. The van der Waals surface area contributed by atoms with Gasteiger partial charge in [0, 0.05) is 11.6 Å². The zero-order chi connectivity index (χ0) is 11.7. The molecule has 0 saturated carbocycles. The molecule has 0 radical (unpaired) electrons. The van der Waals surface area contributed by atoms with Gasteiger partial charge in [0.1, 0.15) is 11.6 Å². The predicted octanol–water partition coefficient (Wildman–Crippen LogP) is 2.72. The molecule has 6 heteroatoms. The number of nitrogens with zero attached hydrogens (tertiary/aromatic N) is 1. The predicted molar refractivity (Wildman–Crippen MR) is 57.9 cm³/mol. The normalized spacial score (nSPS) is 10.4. The monoisotopic (exact) mass is 242 g/mol. The lowest BCUT2D eigenvalue weighted by molar-refractivity contribution is 0.413.